The summed E-state index contributed by atoms with van der Waals surface area (Å²) in [5.41, 5.74) is 7.23. The van der Waals surface area contributed by atoms with Crippen LogP contribution in [0.2, 0.25) is 0 Å². The molecule has 1 aromatic rings. The highest BCUT2D eigenvalue weighted by atomic mass is 15.3. The Bertz CT molecular complexity index is 424. The van der Waals surface area contributed by atoms with Crippen LogP contribution in [0.25, 0.3) is 0 Å². The number of hydrogen-bond acceptors (Lipinski definition) is 5. The van der Waals surface area contributed by atoms with E-state index in [1.807, 2.05) is 12.3 Å². The van der Waals surface area contributed by atoms with Crippen molar-refractivity contribution in [1.82, 2.24) is 14.8 Å². The lowest BCUT2D eigenvalue weighted by molar-refractivity contribution is 0.229. The smallest absolute Gasteiger partial charge is 0.131 e. The minimum absolute atomic E-state index is 0.175. The fourth-order valence-electron chi connectivity index (χ4n) is 2.75. The van der Waals surface area contributed by atoms with E-state index in [9.17, 15) is 0 Å². The van der Waals surface area contributed by atoms with E-state index in [-0.39, 0.29) is 6.04 Å². The zero-order valence-corrected chi connectivity index (χ0v) is 13.6. The predicted octanol–water partition coefficient (Wildman–Crippen LogP) is 0.655. The van der Waals surface area contributed by atoms with Gasteiger partial charge in [0.2, 0.25) is 0 Å². The molecule has 0 radical (unpaired) electrons. The molecule has 0 amide bonds. The molecule has 118 valence electrons. The third kappa shape index (κ3) is 4.95. The van der Waals surface area contributed by atoms with Crippen molar-refractivity contribution in [2.75, 3.05) is 58.3 Å². The second-order valence-electron chi connectivity index (χ2n) is 6.30. The number of hydrogen-bond donors (Lipinski definition) is 1. The normalized spacial score (nSPS) is 18.2. The molecule has 2 heterocycles. The van der Waals surface area contributed by atoms with Gasteiger partial charge < -0.3 is 15.5 Å². The standard InChI is InChI=1S/C16H29N5/c1-14(17)13-15-5-4-6-18-16(15)21-11-9-20(10-12-21)8-7-19(2)3/h4-6,14H,7-13,17H2,1-3H3. The summed E-state index contributed by atoms with van der Waals surface area (Å²) in [4.78, 5) is 11.8. The zero-order chi connectivity index (χ0) is 15.2. The molecule has 21 heavy (non-hydrogen) atoms. The van der Waals surface area contributed by atoms with Crippen molar-refractivity contribution in [3.8, 4) is 0 Å². The molecule has 0 aromatic carbocycles. The van der Waals surface area contributed by atoms with Crippen molar-refractivity contribution in [3.63, 3.8) is 0 Å². The van der Waals surface area contributed by atoms with Gasteiger partial charge in [-0.1, -0.05) is 6.07 Å². The van der Waals surface area contributed by atoms with Crippen LogP contribution in [0.1, 0.15) is 12.5 Å². The van der Waals surface area contributed by atoms with Crippen LogP contribution in [0, 0.1) is 0 Å². The van der Waals surface area contributed by atoms with Gasteiger partial charge in [0.15, 0.2) is 0 Å². The summed E-state index contributed by atoms with van der Waals surface area (Å²) in [7, 11) is 4.26. The number of piperazine rings is 1. The van der Waals surface area contributed by atoms with Crippen LogP contribution in [0.3, 0.4) is 0 Å². The molecule has 5 nitrogen and oxygen atoms in total. The second kappa shape index (κ2) is 7.73. The van der Waals surface area contributed by atoms with Crippen molar-refractivity contribution in [3.05, 3.63) is 23.9 Å². The average molecular weight is 291 g/mol. The minimum Gasteiger partial charge on any atom is -0.354 e. The van der Waals surface area contributed by atoms with E-state index in [0.29, 0.717) is 0 Å². The van der Waals surface area contributed by atoms with E-state index in [4.69, 9.17) is 5.73 Å². The summed E-state index contributed by atoms with van der Waals surface area (Å²) >= 11 is 0. The van der Waals surface area contributed by atoms with Crippen LogP contribution >= 0.6 is 0 Å². The van der Waals surface area contributed by atoms with E-state index in [0.717, 1.165) is 51.5 Å². The largest absolute Gasteiger partial charge is 0.354 e. The fraction of sp³-hybridized carbons (Fsp3) is 0.688. The van der Waals surface area contributed by atoms with E-state index < -0.39 is 0 Å². The van der Waals surface area contributed by atoms with Crippen LogP contribution in [-0.2, 0) is 6.42 Å². The third-order valence-electron chi connectivity index (χ3n) is 3.94. The predicted molar refractivity (Wildman–Crippen MR) is 88.8 cm³/mol. The molecule has 1 aliphatic rings. The van der Waals surface area contributed by atoms with Gasteiger partial charge in [-0.3, -0.25) is 4.90 Å². The van der Waals surface area contributed by atoms with E-state index in [1.54, 1.807) is 0 Å². The van der Waals surface area contributed by atoms with Gasteiger partial charge in [0, 0.05) is 51.5 Å². The summed E-state index contributed by atoms with van der Waals surface area (Å²) in [5, 5.41) is 0. The maximum absolute atomic E-state index is 5.95. The van der Waals surface area contributed by atoms with E-state index in [2.05, 4.69) is 46.8 Å². The zero-order valence-electron chi connectivity index (χ0n) is 13.6. The Balaban J connectivity index is 1.93. The summed E-state index contributed by atoms with van der Waals surface area (Å²) in [6.45, 7) is 8.65. The van der Waals surface area contributed by atoms with Crippen molar-refractivity contribution in [1.29, 1.82) is 0 Å². The molecule has 1 unspecified atom stereocenters. The number of anilines is 1. The molecule has 5 heteroatoms. The van der Waals surface area contributed by atoms with Crippen LogP contribution in [0.5, 0.6) is 0 Å². The first-order chi connectivity index (χ1) is 10.1. The molecule has 1 aromatic heterocycles. The maximum Gasteiger partial charge on any atom is 0.131 e. The second-order valence-corrected chi connectivity index (χ2v) is 6.30. The van der Waals surface area contributed by atoms with Gasteiger partial charge in [0.25, 0.3) is 0 Å². The van der Waals surface area contributed by atoms with Gasteiger partial charge in [-0.15, -0.1) is 0 Å². The SMILES string of the molecule is CC(N)Cc1cccnc1N1CCN(CCN(C)C)CC1. The lowest BCUT2D eigenvalue weighted by atomic mass is 10.1. The van der Waals surface area contributed by atoms with Crippen molar-refractivity contribution in [2.24, 2.45) is 5.73 Å². The van der Waals surface area contributed by atoms with Crippen molar-refractivity contribution >= 4 is 5.82 Å². The molecule has 0 aliphatic carbocycles. The van der Waals surface area contributed by atoms with Crippen LogP contribution < -0.4 is 10.6 Å². The molecule has 0 bridgehead atoms. The topological polar surface area (TPSA) is 48.6 Å². The Hall–Kier alpha value is -1.17. The molecule has 2 rings (SSSR count). The highest BCUT2D eigenvalue weighted by molar-refractivity contribution is 5.47. The Morgan fingerprint density at radius 1 is 1.29 bits per heavy atom. The Labute approximate surface area is 128 Å². The highest BCUT2D eigenvalue weighted by Gasteiger charge is 2.20. The molecule has 0 spiro atoms. The van der Waals surface area contributed by atoms with Gasteiger partial charge >= 0.3 is 0 Å². The van der Waals surface area contributed by atoms with Crippen LogP contribution in [0.4, 0.5) is 5.82 Å². The number of nitrogens with zero attached hydrogens (tertiary/aromatic N) is 4. The molecule has 1 atom stereocenters. The van der Waals surface area contributed by atoms with Gasteiger partial charge in [-0.05, 0) is 39.1 Å². The average Bonchev–Trinajstić information content (AvgIpc) is 2.46. The number of likely N-dealkylation sites (N-methyl/N-ethyl adjacent to an activating group) is 1. The Morgan fingerprint density at radius 2 is 2.00 bits per heavy atom. The van der Waals surface area contributed by atoms with Gasteiger partial charge in [-0.25, -0.2) is 4.98 Å². The number of pyridine rings is 1. The molecule has 1 fully saturated rings. The number of rotatable bonds is 6. The number of aromatic nitrogens is 1. The minimum atomic E-state index is 0.175. The lowest BCUT2D eigenvalue weighted by Crippen LogP contribution is -2.48. The monoisotopic (exact) mass is 291 g/mol. The quantitative estimate of drug-likeness (QED) is 0.834. The molecular formula is C16H29N5. The lowest BCUT2D eigenvalue weighted by Gasteiger charge is -2.36. The van der Waals surface area contributed by atoms with Crippen LogP contribution in [0.15, 0.2) is 18.3 Å². The molecule has 1 saturated heterocycles. The van der Waals surface area contributed by atoms with E-state index in [1.165, 1.54) is 5.56 Å². The molecule has 0 saturated carbocycles. The molecule has 1 aliphatic heterocycles. The van der Waals surface area contributed by atoms with Crippen LogP contribution in [-0.4, -0.2) is 74.2 Å². The van der Waals surface area contributed by atoms with Crippen molar-refractivity contribution < 1.29 is 0 Å². The first kappa shape index (κ1) is 16.2. The summed E-state index contributed by atoms with van der Waals surface area (Å²) in [6, 6.07) is 4.34. The van der Waals surface area contributed by atoms with Crippen molar-refractivity contribution in [2.45, 2.75) is 19.4 Å². The Morgan fingerprint density at radius 3 is 2.62 bits per heavy atom. The highest BCUT2D eigenvalue weighted by Crippen LogP contribution is 2.20. The first-order valence-electron chi connectivity index (χ1n) is 7.88. The fourth-order valence-corrected chi connectivity index (χ4v) is 2.75. The molecular weight excluding hydrogens is 262 g/mol. The van der Waals surface area contributed by atoms with E-state index >= 15 is 0 Å². The summed E-state index contributed by atoms with van der Waals surface area (Å²) in [6.07, 6.45) is 2.78. The summed E-state index contributed by atoms with van der Waals surface area (Å²) < 4.78 is 0. The Kier molecular flexibility index (Phi) is 5.96. The molecule has 2 N–H and O–H groups in total. The first-order valence-corrected chi connectivity index (χ1v) is 7.88. The summed E-state index contributed by atoms with van der Waals surface area (Å²) in [5.74, 6) is 1.13. The maximum atomic E-state index is 5.95. The van der Waals surface area contributed by atoms with Gasteiger partial charge in [0.05, 0.1) is 0 Å². The van der Waals surface area contributed by atoms with Gasteiger partial charge in [0.1, 0.15) is 5.82 Å². The number of nitrogens with two attached hydrogens (primary N) is 1. The van der Waals surface area contributed by atoms with Gasteiger partial charge in [-0.2, -0.15) is 0 Å². The third-order valence-corrected chi connectivity index (χ3v) is 3.94.